The third kappa shape index (κ3) is 4.66. The number of hydrogen-bond donors (Lipinski definition) is 1. The number of nitrogens with one attached hydrogen (secondary N) is 1. The molecular weight excluding hydrogens is 332 g/mol. The Morgan fingerprint density at radius 3 is 2.72 bits per heavy atom. The Morgan fingerprint density at radius 2 is 2.04 bits per heavy atom. The van der Waals surface area contributed by atoms with Crippen molar-refractivity contribution in [3.8, 4) is 5.75 Å². The molecule has 2 aromatic rings. The quantitative estimate of drug-likeness (QED) is 0.659. The number of anilines is 1. The lowest BCUT2D eigenvalue weighted by Gasteiger charge is -2.37. The Balaban J connectivity index is 1.47. The van der Waals surface area contributed by atoms with Crippen molar-refractivity contribution in [1.29, 1.82) is 0 Å². The summed E-state index contributed by atoms with van der Waals surface area (Å²) >= 11 is 1.81. The number of methoxy groups -OCH3 is 1. The molecule has 25 heavy (non-hydrogen) atoms. The van der Waals surface area contributed by atoms with Crippen LogP contribution in [-0.4, -0.2) is 57.7 Å². The van der Waals surface area contributed by atoms with Crippen molar-refractivity contribution in [2.24, 2.45) is 4.99 Å². The van der Waals surface area contributed by atoms with Crippen LogP contribution in [0, 0.1) is 0 Å². The first kappa shape index (κ1) is 17.6. The molecule has 0 aliphatic carbocycles. The van der Waals surface area contributed by atoms with Crippen LogP contribution in [0.4, 0.5) is 5.00 Å². The maximum Gasteiger partial charge on any atom is 0.193 e. The third-order valence-corrected chi connectivity index (χ3v) is 5.37. The zero-order valence-electron chi connectivity index (χ0n) is 14.9. The van der Waals surface area contributed by atoms with Gasteiger partial charge in [0.15, 0.2) is 5.96 Å². The predicted octanol–water partition coefficient (Wildman–Crippen LogP) is 2.70. The van der Waals surface area contributed by atoms with Crippen molar-refractivity contribution in [1.82, 2.24) is 10.2 Å². The number of aliphatic imine (C=N–C) groups is 1. The van der Waals surface area contributed by atoms with E-state index in [2.05, 4.69) is 49.8 Å². The lowest BCUT2D eigenvalue weighted by Crippen LogP contribution is -2.52. The average molecular weight is 359 g/mol. The van der Waals surface area contributed by atoms with Gasteiger partial charge in [-0.15, -0.1) is 11.3 Å². The number of ether oxygens (including phenoxy) is 1. The van der Waals surface area contributed by atoms with Gasteiger partial charge in [-0.05, 0) is 41.6 Å². The molecule has 0 bridgehead atoms. The van der Waals surface area contributed by atoms with Crippen LogP contribution < -0.4 is 15.0 Å². The summed E-state index contributed by atoms with van der Waals surface area (Å²) in [6.07, 6.45) is 0.950. The van der Waals surface area contributed by atoms with Crippen molar-refractivity contribution in [3.63, 3.8) is 0 Å². The Bertz CT molecular complexity index is 678. The van der Waals surface area contributed by atoms with Crippen LogP contribution in [-0.2, 0) is 6.42 Å². The molecule has 1 fully saturated rings. The SMILES string of the molecule is CN=C(NCCc1cccc(OC)c1)N1CCN(c2cccs2)CC1. The van der Waals surface area contributed by atoms with E-state index in [0.717, 1.165) is 50.9 Å². The molecule has 5 nitrogen and oxygen atoms in total. The van der Waals surface area contributed by atoms with Gasteiger partial charge in [0.2, 0.25) is 0 Å². The van der Waals surface area contributed by atoms with Crippen molar-refractivity contribution in [3.05, 3.63) is 47.3 Å². The van der Waals surface area contributed by atoms with Crippen LogP contribution in [0.2, 0.25) is 0 Å². The van der Waals surface area contributed by atoms with Gasteiger partial charge in [0.25, 0.3) is 0 Å². The summed E-state index contributed by atoms with van der Waals surface area (Å²) in [6, 6.07) is 12.5. The molecule has 0 atom stereocenters. The molecule has 2 heterocycles. The molecular formula is C19H26N4OS. The molecule has 1 aliphatic rings. The molecule has 6 heteroatoms. The van der Waals surface area contributed by atoms with Gasteiger partial charge in [0.1, 0.15) is 5.75 Å². The topological polar surface area (TPSA) is 40.1 Å². The second-order valence-corrected chi connectivity index (χ2v) is 6.93. The van der Waals surface area contributed by atoms with Crippen LogP contribution in [0.25, 0.3) is 0 Å². The summed E-state index contributed by atoms with van der Waals surface area (Å²) in [4.78, 5) is 9.25. The highest BCUT2D eigenvalue weighted by molar-refractivity contribution is 7.14. The molecule has 0 radical (unpaired) electrons. The number of piperazine rings is 1. The molecule has 0 amide bonds. The lowest BCUT2D eigenvalue weighted by atomic mass is 10.1. The average Bonchev–Trinajstić information content (AvgIpc) is 3.20. The number of benzene rings is 1. The Labute approximate surface area is 153 Å². The van der Waals surface area contributed by atoms with Gasteiger partial charge >= 0.3 is 0 Å². The Hall–Kier alpha value is -2.21. The molecule has 0 spiro atoms. The van der Waals surface area contributed by atoms with Crippen LogP contribution in [0.5, 0.6) is 5.75 Å². The van der Waals surface area contributed by atoms with Crippen LogP contribution in [0.15, 0.2) is 46.8 Å². The van der Waals surface area contributed by atoms with Crippen LogP contribution in [0.3, 0.4) is 0 Å². The van der Waals surface area contributed by atoms with E-state index in [1.54, 1.807) is 7.11 Å². The molecule has 1 aromatic carbocycles. The van der Waals surface area contributed by atoms with E-state index < -0.39 is 0 Å². The normalized spacial score (nSPS) is 15.4. The number of hydrogen-bond acceptors (Lipinski definition) is 4. The van der Waals surface area contributed by atoms with Gasteiger partial charge in [0, 0.05) is 39.8 Å². The summed E-state index contributed by atoms with van der Waals surface area (Å²) < 4.78 is 5.28. The standard InChI is InChI=1S/C19H26N4OS/c1-20-19(21-9-8-16-5-3-6-17(15-16)24-2)23-12-10-22(11-13-23)18-7-4-14-25-18/h3-7,14-15H,8-13H2,1-2H3,(H,20,21). The van der Waals surface area contributed by atoms with E-state index in [1.807, 2.05) is 30.5 Å². The number of rotatable bonds is 5. The largest absolute Gasteiger partial charge is 0.497 e. The van der Waals surface area contributed by atoms with Crippen LogP contribution >= 0.6 is 11.3 Å². The molecule has 0 saturated carbocycles. The fourth-order valence-electron chi connectivity index (χ4n) is 3.07. The molecule has 0 unspecified atom stereocenters. The first-order chi connectivity index (χ1) is 12.3. The monoisotopic (exact) mass is 358 g/mol. The minimum Gasteiger partial charge on any atom is -0.497 e. The highest BCUT2D eigenvalue weighted by Crippen LogP contribution is 2.22. The molecule has 1 aliphatic heterocycles. The van der Waals surface area contributed by atoms with E-state index in [-0.39, 0.29) is 0 Å². The van der Waals surface area contributed by atoms with Crippen molar-refractivity contribution in [2.75, 3.05) is 51.8 Å². The van der Waals surface area contributed by atoms with Gasteiger partial charge in [0.05, 0.1) is 12.1 Å². The molecule has 1 saturated heterocycles. The highest BCUT2D eigenvalue weighted by atomic mass is 32.1. The van der Waals surface area contributed by atoms with E-state index >= 15 is 0 Å². The van der Waals surface area contributed by atoms with Gasteiger partial charge in [-0.1, -0.05) is 12.1 Å². The zero-order valence-corrected chi connectivity index (χ0v) is 15.8. The summed E-state index contributed by atoms with van der Waals surface area (Å²) in [6.45, 7) is 4.94. The first-order valence-electron chi connectivity index (χ1n) is 8.67. The van der Waals surface area contributed by atoms with Crippen molar-refractivity contribution >= 4 is 22.3 Å². The fourth-order valence-corrected chi connectivity index (χ4v) is 3.85. The molecule has 1 aromatic heterocycles. The second kappa shape index (κ2) is 8.76. The summed E-state index contributed by atoms with van der Waals surface area (Å²) in [5, 5.41) is 7.00. The summed E-state index contributed by atoms with van der Waals surface area (Å²) in [5.74, 6) is 1.90. The molecule has 3 rings (SSSR count). The summed E-state index contributed by atoms with van der Waals surface area (Å²) in [7, 11) is 3.56. The van der Waals surface area contributed by atoms with Crippen molar-refractivity contribution < 1.29 is 4.74 Å². The van der Waals surface area contributed by atoms with Gasteiger partial charge < -0.3 is 19.9 Å². The van der Waals surface area contributed by atoms with E-state index in [1.165, 1.54) is 10.6 Å². The smallest absolute Gasteiger partial charge is 0.193 e. The maximum atomic E-state index is 5.28. The van der Waals surface area contributed by atoms with E-state index in [4.69, 9.17) is 4.74 Å². The third-order valence-electron chi connectivity index (χ3n) is 4.44. The first-order valence-corrected chi connectivity index (χ1v) is 9.55. The molecule has 1 N–H and O–H groups in total. The minimum absolute atomic E-state index is 0.866. The minimum atomic E-state index is 0.866. The number of nitrogens with zero attached hydrogens (tertiary/aromatic N) is 3. The Morgan fingerprint density at radius 1 is 1.20 bits per heavy atom. The molecule has 134 valence electrons. The zero-order chi connectivity index (χ0) is 17.5. The van der Waals surface area contributed by atoms with Gasteiger partial charge in [-0.25, -0.2) is 0 Å². The second-order valence-electron chi connectivity index (χ2n) is 6.00. The predicted molar refractivity (Wildman–Crippen MR) is 106 cm³/mol. The van der Waals surface area contributed by atoms with Crippen LogP contribution in [0.1, 0.15) is 5.56 Å². The fraction of sp³-hybridized carbons (Fsp3) is 0.421. The number of guanidine groups is 1. The lowest BCUT2D eigenvalue weighted by molar-refractivity contribution is 0.374. The van der Waals surface area contributed by atoms with Crippen molar-refractivity contribution in [2.45, 2.75) is 6.42 Å². The maximum absolute atomic E-state index is 5.28. The van der Waals surface area contributed by atoms with Gasteiger partial charge in [-0.2, -0.15) is 0 Å². The van der Waals surface area contributed by atoms with Gasteiger partial charge in [-0.3, -0.25) is 4.99 Å². The van der Waals surface area contributed by atoms with E-state index in [9.17, 15) is 0 Å². The Kier molecular flexibility index (Phi) is 6.17. The highest BCUT2D eigenvalue weighted by Gasteiger charge is 2.20. The summed E-state index contributed by atoms with van der Waals surface area (Å²) in [5.41, 5.74) is 1.27. The van der Waals surface area contributed by atoms with E-state index in [0.29, 0.717) is 0 Å². The number of thiophene rings is 1.